The molecule has 25 heavy (non-hydrogen) atoms. The number of benzene rings is 2. The van der Waals surface area contributed by atoms with Gasteiger partial charge < -0.3 is 5.32 Å². The second-order valence-corrected chi connectivity index (χ2v) is 5.45. The van der Waals surface area contributed by atoms with E-state index in [1.54, 1.807) is 36.1 Å². The maximum atomic E-state index is 12.4. The molecule has 3 rings (SSSR count). The molecule has 3 aromatic rings. The highest BCUT2D eigenvalue weighted by molar-refractivity contribution is 6.05. The molecular weight excluding hydrogens is 322 g/mol. The smallest absolute Gasteiger partial charge is 0.273 e. The average Bonchev–Trinajstić information content (AvgIpc) is 3.09. The van der Waals surface area contributed by atoms with Crippen LogP contribution in [0.4, 0.5) is 11.4 Å². The summed E-state index contributed by atoms with van der Waals surface area (Å²) in [5.74, 6) is -0.384. The molecule has 126 valence electrons. The Morgan fingerprint density at radius 3 is 2.64 bits per heavy atom. The van der Waals surface area contributed by atoms with Crippen molar-refractivity contribution in [2.75, 3.05) is 5.32 Å². The van der Waals surface area contributed by atoms with Crippen LogP contribution in [0, 0.1) is 17.0 Å². The summed E-state index contributed by atoms with van der Waals surface area (Å²) in [4.78, 5) is 26.8. The van der Waals surface area contributed by atoms with E-state index in [1.807, 2.05) is 12.1 Å². The highest BCUT2D eigenvalue weighted by Gasteiger charge is 2.17. The molecule has 2 aromatic carbocycles. The number of carbonyl (C=O) groups excluding carboxylic acids is 1. The Morgan fingerprint density at radius 1 is 1.24 bits per heavy atom. The van der Waals surface area contributed by atoms with Crippen LogP contribution in [0.1, 0.15) is 21.5 Å². The molecule has 8 heteroatoms. The molecule has 0 aliphatic rings. The minimum absolute atomic E-state index is 0.0733. The van der Waals surface area contributed by atoms with Crippen molar-refractivity contribution in [3.05, 3.63) is 81.9 Å². The van der Waals surface area contributed by atoms with Crippen molar-refractivity contribution in [1.29, 1.82) is 0 Å². The fourth-order valence-corrected chi connectivity index (χ4v) is 2.46. The van der Waals surface area contributed by atoms with E-state index in [4.69, 9.17) is 0 Å². The molecule has 0 spiro atoms. The molecule has 0 atom stereocenters. The van der Waals surface area contributed by atoms with Gasteiger partial charge in [0.15, 0.2) is 0 Å². The maximum absolute atomic E-state index is 12.4. The second-order valence-electron chi connectivity index (χ2n) is 5.45. The summed E-state index contributed by atoms with van der Waals surface area (Å²) in [6, 6.07) is 11.7. The third-order valence-corrected chi connectivity index (χ3v) is 3.77. The molecule has 0 saturated carbocycles. The van der Waals surface area contributed by atoms with Gasteiger partial charge in [0.2, 0.25) is 0 Å². The number of nitro groups is 1. The van der Waals surface area contributed by atoms with E-state index < -0.39 is 4.92 Å². The standard InChI is InChI=1S/C17H15N5O3/c1-12-15(3-2-4-16(12)22(24)25)17(23)20-14-7-5-13(6-8-14)9-21-11-18-10-19-21/h2-8,10-11H,9H2,1H3,(H,20,23). The number of nitro benzene ring substituents is 1. The van der Waals surface area contributed by atoms with E-state index in [0.717, 1.165) is 5.56 Å². The van der Waals surface area contributed by atoms with Gasteiger partial charge in [-0.25, -0.2) is 9.67 Å². The summed E-state index contributed by atoms with van der Waals surface area (Å²) >= 11 is 0. The predicted octanol–water partition coefficient (Wildman–Crippen LogP) is 2.80. The zero-order chi connectivity index (χ0) is 17.8. The summed E-state index contributed by atoms with van der Waals surface area (Å²) in [5.41, 5.74) is 2.16. The van der Waals surface area contributed by atoms with E-state index >= 15 is 0 Å². The Balaban J connectivity index is 1.73. The number of aromatic nitrogens is 3. The number of amides is 1. The number of rotatable bonds is 5. The van der Waals surface area contributed by atoms with Crippen LogP contribution in [-0.4, -0.2) is 25.6 Å². The highest BCUT2D eigenvalue weighted by atomic mass is 16.6. The Hall–Kier alpha value is -3.55. The lowest BCUT2D eigenvalue weighted by atomic mass is 10.1. The van der Waals surface area contributed by atoms with Gasteiger partial charge in [0.25, 0.3) is 11.6 Å². The third-order valence-electron chi connectivity index (χ3n) is 3.77. The molecule has 0 saturated heterocycles. The minimum Gasteiger partial charge on any atom is -0.322 e. The van der Waals surface area contributed by atoms with E-state index in [2.05, 4.69) is 15.4 Å². The molecule has 1 N–H and O–H groups in total. The van der Waals surface area contributed by atoms with E-state index in [1.165, 1.54) is 18.5 Å². The monoisotopic (exact) mass is 337 g/mol. The van der Waals surface area contributed by atoms with Crippen LogP contribution in [0.2, 0.25) is 0 Å². The summed E-state index contributed by atoms with van der Waals surface area (Å²) in [5, 5.41) is 17.8. The van der Waals surface area contributed by atoms with E-state index in [9.17, 15) is 14.9 Å². The first-order valence-electron chi connectivity index (χ1n) is 7.51. The first-order chi connectivity index (χ1) is 12.0. The molecule has 0 fully saturated rings. The molecule has 1 aromatic heterocycles. The van der Waals surface area contributed by atoms with Crippen LogP contribution >= 0.6 is 0 Å². The molecule has 0 bridgehead atoms. The Bertz CT molecular complexity index is 905. The van der Waals surface area contributed by atoms with Crippen LogP contribution in [0.25, 0.3) is 0 Å². The van der Waals surface area contributed by atoms with Gasteiger partial charge in [-0.1, -0.05) is 18.2 Å². The summed E-state index contributed by atoms with van der Waals surface area (Å²) in [7, 11) is 0. The summed E-state index contributed by atoms with van der Waals surface area (Å²) in [6.07, 6.45) is 3.09. The predicted molar refractivity (Wildman–Crippen MR) is 91.4 cm³/mol. The number of hydrogen-bond acceptors (Lipinski definition) is 5. The van der Waals surface area contributed by atoms with Crippen LogP contribution in [-0.2, 0) is 6.54 Å². The van der Waals surface area contributed by atoms with Crippen LogP contribution in [0.15, 0.2) is 55.1 Å². The molecule has 0 radical (unpaired) electrons. The third kappa shape index (κ3) is 3.69. The Morgan fingerprint density at radius 2 is 2.00 bits per heavy atom. The highest BCUT2D eigenvalue weighted by Crippen LogP contribution is 2.22. The van der Waals surface area contributed by atoms with Crippen molar-refractivity contribution in [2.45, 2.75) is 13.5 Å². The molecule has 8 nitrogen and oxygen atoms in total. The zero-order valence-electron chi connectivity index (χ0n) is 13.4. The normalized spacial score (nSPS) is 10.4. The molecule has 0 aliphatic carbocycles. The zero-order valence-corrected chi connectivity index (χ0v) is 13.4. The van der Waals surface area contributed by atoms with Gasteiger partial charge >= 0.3 is 0 Å². The molecule has 1 heterocycles. The van der Waals surface area contributed by atoms with Gasteiger partial charge in [0, 0.05) is 22.9 Å². The molecule has 0 aliphatic heterocycles. The second kappa shape index (κ2) is 6.91. The topological polar surface area (TPSA) is 103 Å². The van der Waals surface area contributed by atoms with E-state index in [0.29, 0.717) is 17.8 Å². The first kappa shape index (κ1) is 16.3. The van der Waals surface area contributed by atoms with Gasteiger partial charge in [-0.3, -0.25) is 14.9 Å². The average molecular weight is 337 g/mol. The molecule has 0 unspecified atom stereocenters. The summed E-state index contributed by atoms with van der Waals surface area (Å²) in [6.45, 7) is 2.15. The first-order valence-corrected chi connectivity index (χ1v) is 7.51. The maximum Gasteiger partial charge on any atom is 0.273 e. The van der Waals surface area contributed by atoms with Crippen LogP contribution < -0.4 is 5.32 Å². The van der Waals surface area contributed by atoms with Gasteiger partial charge in [-0.15, -0.1) is 0 Å². The van der Waals surface area contributed by atoms with Gasteiger partial charge in [0.05, 0.1) is 11.5 Å². The van der Waals surface area contributed by atoms with Crippen molar-refractivity contribution >= 4 is 17.3 Å². The number of anilines is 1. The quantitative estimate of drug-likeness (QED) is 0.569. The number of carbonyl (C=O) groups is 1. The fourth-order valence-electron chi connectivity index (χ4n) is 2.46. The number of nitrogens with zero attached hydrogens (tertiary/aromatic N) is 4. The van der Waals surface area contributed by atoms with E-state index in [-0.39, 0.29) is 17.2 Å². The lowest BCUT2D eigenvalue weighted by molar-refractivity contribution is -0.385. The van der Waals surface area contributed by atoms with Crippen molar-refractivity contribution in [3.63, 3.8) is 0 Å². The Labute approximate surface area is 143 Å². The lowest BCUT2D eigenvalue weighted by Crippen LogP contribution is -2.14. The molecule has 1 amide bonds. The van der Waals surface area contributed by atoms with Gasteiger partial charge in [-0.05, 0) is 30.7 Å². The van der Waals surface area contributed by atoms with Crippen LogP contribution in [0.3, 0.4) is 0 Å². The van der Waals surface area contributed by atoms with Crippen LogP contribution in [0.5, 0.6) is 0 Å². The summed E-state index contributed by atoms with van der Waals surface area (Å²) < 4.78 is 1.69. The van der Waals surface area contributed by atoms with Crippen molar-refractivity contribution in [1.82, 2.24) is 14.8 Å². The lowest BCUT2D eigenvalue weighted by Gasteiger charge is -2.09. The SMILES string of the molecule is Cc1c(C(=O)Nc2ccc(Cn3cncn3)cc2)cccc1[N+](=O)[O-]. The Kier molecular flexibility index (Phi) is 4.51. The minimum atomic E-state index is -0.495. The van der Waals surface area contributed by atoms with Gasteiger partial charge in [-0.2, -0.15) is 5.10 Å². The van der Waals surface area contributed by atoms with Crippen molar-refractivity contribution < 1.29 is 9.72 Å². The van der Waals surface area contributed by atoms with Crippen molar-refractivity contribution in [3.8, 4) is 0 Å². The largest absolute Gasteiger partial charge is 0.322 e. The number of hydrogen-bond donors (Lipinski definition) is 1. The molecular formula is C17H15N5O3. The fraction of sp³-hybridized carbons (Fsp3) is 0.118. The number of nitrogens with one attached hydrogen (secondary N) is 1. The van der Waals surface area contributed by atoms with Gasteiger partial charge in [0.1, 0.15) is 12.7 Å². The van der Waals surface area contributed by atoms with Crippen molar-refractivity contribution in [2.24, 2.45) is 0 Å².